The van der Waals surface area contributed by atoms with Gasteiger partial charge < -0.3 is 39.8 Å². The summed E-state index contributed by atoms with van der Waals surface area (Å²) in [6.45, 7) is 8.69. The largest absolute Gasteiger partial charge is 0.396 e. The van der Waals surface area contributed by atoms with E-state index in [4.69, 9.17) is 0 Å². The molecule has 4 aliphatic heterocycles. The van der Waals surface area contributed by atoms with E-state index in [-0.39, 0.29) is 61.1 Å². The van der Waals surface area contributed by atoms with Crippen LogP contribution in [0.15, 0.2) is 107 Å². The summed E-state index contributed by atoms with van der Waals surface area (Å²) < 4.78 is 3.35. The number of rotatable bonds is 12. The normalized spacial score (nSPS) is 23.9. The summed E-state index contributed by atoms with van der Waals surface area (Å²) >= 11 is 0. The van der Waals surface area contributed by atoms with Gasteiger partial charge in [-0.25, -0.2) is 0 Å². The lowest BCUT2D eigenvalue weighted by atomic mass is 9.86. The molecule has 6 heterocycles. The number of aliphatic hydroxyl groups excluding tert-OH is 2. The topological polar surface area (TPSA) is 183 Å². The molecule has 2 fully saturated rings. The van der Waals surface area contributed by atoms with E-state index in [1.54, 1.807) is 91.7 Å². The van der Waals surface area contributed by atoms with Crippen LogP contribution in [0.2, 0.25) is 0 Å². The predicted molar refractivity (Wildman–Crippen MR) is 244 cm³/mol. The first-order chi connectivity index (χ1) is 31.1. The lowest BCUT2D eigenvalue weighted by molar-refractivity contribution is -0.128. The van der Waals surface area contributed by atoms with E-state index >= 15 is 0 Å². The van der Waals surface area contributed by atoms with Crippen molar-refractivity contribution in [2.45, 2.75) is 77.8 Å². The average molecular weight is 871 g/mol. The van der Waals surface area contributed by atoms with E-state index in [1.165, 1.54) is 0 Å². The molecule has 4 bridgehead atoms. The van der Waals surface area contributed by atoms with Gasteiger partial charge in [-0.15, -0.1) is 0 Å². The Morgan fingerprint density at radius 3 is 1.30 bits per heavy atom. The van der Waals surface area contributed by atoms with Crippen molar-refractivity contribution in [1.29, 1.82) is 0 Å². The van der Waals surface area contributed by atoms with Gasteiger partial charge >= 0.3 is 0 Å². The van der Waals surface area contributed by atoms with Crippen LogP contribution in [-0.2, 0) is 22.7 Å². The lowest BCUT2D eigenvalue weighted by Crippen LogP contribution is -2.49. The Bertz CT molecular complexity index is 2360. The highest BCUT2D eigenvalue weighted by Gasteiger charge is 2.59. The van der Waals surface area contributed by atoms with Gasteiger partial charge in [0.25, 0.3) is 22.9 Å². The lowest BCUT2D eigenvalue weighted by Gasteiger charge is -2.38. The highest BCUT2D eigenvalue weighted by molar-refractivity contribution is 5.97. The maximum absolute atomic E-state index is 13.6. The van der Waals surface area contributed by atoms with Crippen molar-refractivity contribution in [1.82, 2.24) is 29.6 Å². The summed E-state index contributed by atoms with van der Waals surface area (Å²) in [6, 6.07) is 22.9. The molecule has 14 nitrogen and oxygen atoms in total. The molecule has 8 rings (SSSR count). The van der Waals surface area contributed by atoms with Gasteiger partial charge in [0.2, 0.25) is 11.8 Å². The Morgan fingerprint density at radius 2 is 0.969 bits per heavy atom. The molecule has 0 aliphatic carbocycles. The number of hydrogen-bond acceptors (Lipinski definition) is 8. The van der Waals surface area contributed by atoms with Crippen LogP contribution < -0.4 is 21.8 Å². The van der Waals surface area contributed by atoms with Gasteiger partial charge in [-0.2, -0.15) is 0 Å². The van der Waals surface area contributed by atoms with E-state index in [2.05, 4.69) is 10.6 Å². The fourth-order valence-corrected chi connectivity index (χ4v) is 10.2. The second-order valence-electron chi connectivity index (χ2n) is 16.8. The number of hydrogen-bond donors (Lipinski definition) is 4. The van der Waals surface area contributed by atoms with E-state index < -0.39 is 47.8 Å². The van der Waals surface area contributed by atoms with Crippen LogP contribution in [0, 0.1) is 23.7 Å². The van der Waals surface area contributed by atoms with Gasteiger partial charge in [0.15, 0.2) is 0 Å². The van der Waals surface area contributed by atoms with E-state index in [0.29, 0.717) is 46.7 Å². The van der Waals surface area contributed by atoms with Crippen LogP contribution in [-0.4, -0.2) is 91.2 Å². The van der Waals surface area contributed by atoms with E-state index in [0.717, 1.165) is 12.8 Å². The molecule has 0 saturated carbocycles. The maximum Gasteiger partial charge on any atom is 0.258 e. The minimum absolute atomic E-state index is 0.145. The molecule has 4 amide bonds. The first kappa shape index (κ1) is 45.6. The number of fused-ring (bicyclic) bond motifs is 8. The minimum Gasteiger partial charge on any atom is -0.396 e. The highest BCUT2D eigenvalue weighted by Crippen LogP contribution is 2.50. The number of pyridine rings is 2. The predicted octanol–water partition coefficient (Wildman–Crippen LogP) is 4.42. The van der Waals surface area contributed by atoms with Gasteiger partial charge in [0.05, 0.1) is 36.0 Å². The Hall–Kier alpha value is -6.38. The van der Waals surface area contributed by atoms with Crippen LogP contribution in [0.25, 0.3) is 12.2 Å². The third-order valence-electron chi connectivity index (χ3n) is 13.1. The number of aromatic nitrogens is 2. The molecular formula is C50H58N6O8. The van der Waals surface area contributed by atoms with Crippen molar-refractivity contribution in [2.24, 2.45) is 23.7 Å². The molecular weight excluding hydrogens is 813 g/mol. The van der Waals surface area contributed by atoms with Crippen molar-refractivity contribution in [3.8, 4) is 0 Å². The van der Waals surface area contributed by atoms with Gasteiger partial charge in [0.1, 0.15) is 0 Å². The molecule has 4 N–H and O–H groups in total. The molecule has 8 atom stereocenters. The summed E-state index contributed by atoms with van der Waals surface area (Å²) in [6.07, 6.45) is 8.70. The summed E-state index contributed by atoms with van der Waals surface area (Å²) in [7, 11) is 0. The summed E-state index contributed by atoms with van der Waals surface area (Å²) in [5.41, 5.74) is 3.15. The van der Waals surface area contributed by atoms with Crippen LogP contribution in [0.3, 0.4) is 0 Å². The maximum atomic E-state index is 13.6. The number of carbonyl (C=O) groups excluding carboxylic acids is 4. The van der Waals surface area contributed by atoms with Gasteiger partial charge in [0, 0.05) is 84.9 Å². The van der Waals surface area contributed by atoms with Gasteiger partial charge in [-0.05, 0) is 75.2 Å². The van der Waals surface area contributed by atoms with Crippen LogP contribution in [0.1, 0.15) is 95.9 Å². The molecule has 4 aromatic rings. The molecule has 2 saturated heterocycles. The summed E-state index contributed by atoms with van der Waals surface area (Å²) in [5, 5.41) is 26.5. The molecule has 2 aromatic carbocycles. The monoisotopic (exact) mass is 870 g/mol. The molecule has 0 unspecified atom stereocenters. The Morgan fingerprint density at radius 1 is 0.594 bits per heavy atom. The first-order valence-electron chi connectivity index (χ1n) is 22.3. The number of amides is 4. The fraction of sp³-hybridized carbons (Fsp3) is 0.400. The van der Waals surface area contributed by atoms with Crippen LogP contribution >= 0.6 is 0 Å². The van der Waals surface area contributed by atoms with E-state index in [1.807, 2.05) is 64.1 Å². The molecule has 14 heteroatoms. The van der Waals surface area contributed by atoms with Crippen LogP contribution in [0.4, 0.5) is 0 Å². The van der Waals surface area contributed by atoms with Gasteiger partial charge in [-0.3, -0.25) is 28.8 Å². The number of carbonyl (C=O) groups is 4. The molecule has 2 aromatic heterocycles. The summed E-state index contributed by atoms with van der Waals surface area (Å²) in [5.74, 6) is -2.97. The molecule has 0 radical (unpaired) electrons. The van der Waals surface area contributed by atoms with Crippen molar-refractivity contribution >= 4 is 35.8 Å². The minimum atomic E-state index is -0.634. The Balaban J connectivity index is 0.000000191. The smallest absolute Gasteiger partial charge is 0.258 e. The average Bonchev–Trinajstić information content (AvgIpc) is 3.71. The van der Waals surface area contributed by atoms with Crippen molar-refractivity contribution in [3.05, 3.63) is 151 Å². The van der Waals surface area contributed by atoms with Crippen molar-refractivity contribution in [3.63, 3.8) is 0 Å². The number of benzene rings is 2. The highest BCUT2D eigenvalue weighted by atomic mass is 16.3. The number of nitrogens with zero attached hydrogens (tertiary/aromatic N) is 4. The quantitative estimate of drug-likeness (QED) is 0.161. The summed E-state index contributed by atoms with van der Waals surface area (Å²) in [4.78, 5) is 83.4. The Labute approximate surface area is 372 Å². The number of aliphatic hydroxyl groups is 2. The molecule has 0 spiro atoms. The third-order valence-corrected chi connectivity index (χ3v) is 13.1. The second kappa shape index (κ2) is 20.0. The van der Waals surface area contributed by atoms with Crippen molar-refractivity contribution < 1.29 is 29.4 Å². The fourth-order valence-electron chi connectivity index (χ4n) is 10.2. The Kier molecular flexibility index (Phi) is 14.3. The SMILES string of the molecule is C/C=C/c1ccc2n(c1=O)C[C@@H]1[C@@H](CO)[C@H](C(=O)NCCC)[C@H]2N1C(=O)c1ccccc1.C/C=C\c1ccc2n(c1=O)C[C@@H]1[C@@H](CO)[C@H](C(=O)NCCC)[C@H]2N1C(=O)c1ccccc1. The van der Waals surface area contributed by atoms with Gasteiger partial charge in [-0.1, -0.05) is 74.5 Å². The molecule has 336 valence electrons. The molecule has 64 heavy (non-hydrogen) atoms. The first-order valence-corrected chi connectivity index (χ1v) is 22.3. The van der Waals surface area contributed by atoms with Crippen molar-refractivity contribution in [2.75, 3.05) is 26.3 Å². The van der Waals surface area contributed by atoms with Crippen LogP contribution in [0.5, 0.6) is 0 Å². The number of allylic oxidation sites excluding steroid dienone is 2. The second-order valence-corrected chi connectivity index (χ2v) is 16.8. The van der Waals surface area contributed by atoms with E-state index in [9.17, 15) is 39.0 Å². The standard InChI is InChI=1S/2C25H29N3O4/c2*1-3-8-16-11-12-19-22-21(23(30)26-13-4-2)18(15-29)20(14-27(19)24(16)31)28(22)25(32)17-9-6-5-7-10-17/h2*3,5-12,18,20-22,29H,4,13-15H2,1-2H3,(H,26,30)/b8-3+;8-3-/t2*18-,20-,21+,22+/m11/s1. The number of nitrogens with one attached hydrogen (secondary N) is 2. The zero-order chi connectivity index (χ0) is 45.7. The third kappa shape index (κ3) is 8.27. The molecule has 4 aliphatic rings. The zero-order valence-electron chi connectivity index (χ0n) is 36.8. The zero-order valence-corrected chi connectivity index (χ0v) is 36.8.